The largest absolute Gasteiger partial charge is 0.328 e. The zero-order valence-corrected chi connectivity index (χ0v) is 18.8. The highest BCUT2D eigenvalue weighted by atomic mass is 79.9. The first kappa shape index (κ1) is 21.6. The van der Waals surface area contributed by atoms with Gasteiger partial charge in [-0.25, -0.2) is 4.68 Å². The number of amides is 3. The quantitative estimate of drug-likeness (QED) is 0.336. The first-order valence-electron chi connectivity index (χ1n) is 9.46. The van der Waals surface area contributed by atoms with Gasteiger partial charge in [-0.15, -0.1) is 0 Å². The predicted octanol–water partition coefficient (Wildman–Crippen LogP) is 5.02. The Labute approximate surface area is 196 Å². The van der Waals surface area contributed by atoms with E-state index in [0.717, 1.165) is 4.47 Å². The monoisotopic (exact) mass is 510 g/mol. The molecule has 160 valence electrons. The molecule has 9 heteroatoms. The molecule has 0 atom stereocenters. The van der Waals surface area contributed by atoms with Crippen molar-refractivity contribution in [2.45, 2.75) is 0 Å². The van der Waals surface area contributed by atoms with E-state index in [0.29, 0.717) is 27.3 Å². The molecule has 7 nitrogen and oxygen atoms in total. The van der Waals surface area contributed by atoms with E-state index in [9.17, 15) is 14.4 Å². The molecule has 3 aromatic carbocycles. The number of carbonyl (C=O) groups excluding carboxylic acids is 3. The third-order valence-electron chi connectivity index (χ3n) is 4.55. The van der Waals surface area contributed by atoms with Crippen LogP contribution < -0.4 is 16.1 Å². The van der Waals surface area contributed by atoms with E-state index >= 15 is 0 Å². The van der Waals surface area contributed by atoms with Gasteiger partial charge in [0.2, 0.25) is 0 Å². The molecule has 0 saturated heterocycles. The average molecular weight is 512 g/mol. The highest BCUT2D eigenvalue weighted by molar-refractivity contribution is 9.10. The first-order valence-corrected chi connectivity index (χ1v) is 10.6. The second kappa shape index (κ2) is 9.25. The number of benzene rings is 3. The maximum Gasteiger partial charge on any atom is 0.328 e. The SMILES string of the molecule is O=C(Nc1ccccc1)C(=O)Nn1c(C(=O)Nc2ccc(Cl)cc2)cc2cc(Br)ccc21. The summed E-state index contributed by atoms with van der Waals surface area (Å²) in [5.41, 5.74) is 4.23. The highest BCUT2D eigenvalue weighted by Gasteiger charge is 2.21. The molecule has 32 heavy (non-hydrogen) atoms. The molecule has 3 N–H and O–H groups in total. The summed E-state index contributed by atoms with van der Waals surface area (Å²) in [6, 6.07) is 22.2. The Bertz CT molecular complexity index is 1320. The van der Waals surface area contributed by atoms with Gasteiger partial charge < -0.3 is 10.6 Å². The van der Waals surface area contributed by atoms with E-state index in [1.165, 1.54) is 4.68 Å². The molecule has 0 aliphatic rings. The molecule has 0 aliphatic heterocycles. The molecule has 0 aliphatic carbocycles. The maximum absolute atomic E-state index is 13.0. The Morgan fingerprint density at radius 3 is 2.19 bits per heavy atom. The summed E-state index contributed by atoms with van der Waals surface area (Å²) in [6.07, 6.45) is 0. The number of anilines is 2. The van der Waals surface area contributed by atoms with Crippen molar-refractivity contribution in [2.75, 3.05) is 16.1 Å². The molecule has 0 spiro atoms. The van der Waals surface area contributed by atoms with Crippen LogP contribution in [0.2, 0.25) is 5.02 Å². The number of hydrogen-bond acceptors (Lipinski definition) is 3. The number of nitrogens with zero attached hydrogens (tertiary/aromatic N) is 1. The van der Waals surface area contributed by atoms with Crippen LogP contribution in [-0.4, -0.2) is 22.4 Å². The van der Waals surface area contributed by atoms with Crippen LogP contribution in [0.15, 0.2) is 83.3 Å². The van der Waals surface area contributed by atoms with Crippen LogP contribution in [0, 0.1) is 0 Å². The summed E-state index contributed by atoms with van der Waals surface area (Å²) >= 11 is 9.30. The summed E-state index contributed by atoms with van der Waals surface area (Å²) in [7, 11) is 0. The lowest BCUT2D eigenvalue weighted by molar-refractivity contribution is -0.133. The molecular weight excluding hydrogens is 496 g/mol. The molecule has 0 radical (unpaired) electrons. The average Bonchev–Trinajstić information content (AvgIpc) is 3.13. The molecule has 3 amide bonds. The molecule has 0 bridgehead atoms. The van der Waals surface area contributed by atoms with Crippen molar-refractivity contribution in [2.24, 2.45) is 0 Å². The molecular formula is C23H16BrClN4O3. The zero-order chi connectivity index (χ0) is 22.7. The van der Waals surface area contributed by atoms with Crippen LogP contribution in [0.1, 0.15) is 10.5 Å². The second-order valence-corrected chi connectivity index (χ2v) is 8.14. The minimum absolute atomic E-state index is 0.147. The van der Waals surface area contributed by atoms with Crippen molar-refractivity contribution in [3.05, 3.63) is 94.1 Å². The predicted molar refractivity (Wildman–Crippen MR) is 128 cm³/mol. The number of carbonyl (C=O) groups is 3. The lowest BCUT2D eigenvalue weighted by atomic mass is 10.2. The van der Waals surface area contributed by atoms with Gasteiger partial charge in [0.1, 0.15) is 5.69 Å². The molecule has 1 heterocycles. The lowest BCUT2D eigenvalue weighted by Gasteiger charge is -2.13. The van der Waals surface area contributed by atoms with Crippen molar-refractivity contribution in [3.63, 3.8) is 0 Å². The fourth-order valence-corrected chi connectivity index (χ4v) is 3.57. The minimum Gasteiger partial charge on any atom is -0.321 e. The number of rotatable bonds is 4. The number of halogens is 2. The number of para-hydroxylation sites is 1. The Morgan fingerprint density at radius 2 is 1.47 bits per heavy atom. The fraction of sp³-hybridized carbons (Fsp3) is 0. The molecule has 0 fully saturated rings. The molecule has 4 aromatic rings. The third-order valence-corrected chi connectivity index (χ3v) is 5.29. The topological polar surface area (TPSA) is 92.2 Å². The first-order chi connectivity index (χ1) is 15.4. The third kappa shape index (κ3) is 4.82. The smallest absolute Gasteiger partial charge is 0.321 e. The Morgan fingerprint density at radius 1 is 0.781 bits per heavy atom. The van der Waals surface area contributed by atoms with E-state index in [2.05, 4.69) is 32.0 Å². The van der Waals surface area contributed by atoms with E-state index in [-0.39, 0.29) is 5.69 Å². The van der Waals surface area contributed by atoms with Gasteiger partial charge in [-0.1, -0.05) is 45.7 Å². The van der Waals surface area contributed by atoms with Crippen LogP contribution >= 0.6 is 27.5 Å². The number of hydrogen-bond donors (Lipinski definition) is 3. The van der Waals surface area contributed by atoms with Gasteiger partial charge in [0.05, 0.1) is 5.52 Å². The van der Waals surface area contributed by atoms with Gasteiger partial charge in [-0.05, 0) is 60.7 Å². The Hall–Kier alpha value is -3.62. The van der Waals surface area contributed by atoms with Gasteiger partial charge in [0.15, 0.2) is 0 Å². The van der Waals surface area contributed by atoms with Crippen LogP contribution in [0.4, 0.5) is 11.4 Å². The van der Waals surface area contributed by atoms with Gasteiger partial charge in [-0.3, -0.25) is 19.8 Å². The highest BCUT2D eigenvalue weighted by Crippen LogP contribution is 2.24. The van der Waals surface area contributed by atoms with Gasteiger partial charge >= 0.3 is 11.8 Å². The van der Waals surface area contributed by atoms with E-state index in [1.807, 2.05) is 0 Å². The van der Waals surface area contributed by atoms with Crippen molar-refractivity contribution < 1.29 is 14.4 Å². The summed E-state index contributed by atoms with van der Waals surface area (Å²) < 4.78 is 2.10. The second-order valence-electron chi connectivity index (χ2n) is 6.79. The zero-order valence-electron chi connectivity index (χ0n) is 16.4. The Balaban J connectivity index is 1.63. The fourth-order valence-electron chi connectivity index (χ4n) is 3.06. The van der Waals surface area contributed by atoms with Crippen molar-refractivity contribution in [1.29, 1.82) is 0 Å². The summed E-state index contributed by atoms with van der Waals surface area (Å²) in [5.74, 6) is -2.25. The summed E-state index contributed by atoms with van der Waals surface area (Å²) in [4.78, 5) is 38.0. The number of aromatic nitrogens is 1. The lowest BCUT2D eigenvalue weighted by Crippen LogP contribution is -2.36. The van der Waals surface area contributed by atoms with Gasteiger partial charge in [-0.2, -0.15) is 0 Å². The normalized spacial score (nSPS) is 10.6. The van der Waals surface area contributed by atoms with Crippen molar-refractivity contribution >= 4 is 67.5 Å². The summed E-state index contributed by atoms with van der Waals surface area (Å²) in [5, 5.41) is 6.52. The molecule has 1 aromatic heterocycles. The van der Waals surface area contributed by atoms with Gasteiger partial charge in [0, 0.05) is 26.3 Å². The van der Waals surface area contributed by atoms with Crippen LogP contribution in [-0.2, 0) is 9.59 Å². The van der Waals surface area contributed by atoms with Gasteiger partial charge in [0.25, 0.3) is 5.91 Å². The van der Waals surface area contributed by atoms with E-state index in [4.69, 9.17) is 11.6 Å². The standard InChI is InChI=1S/C23H16BrClN4O3/c24-15-6-11-19-14(12-15)13-20(21(30)26-18-9-7-16(25)8-10-18)29(19)28-23(32)22(31)27-17-4-2-1-3-5-17/h1-13H,(H,26,30)(H,27,31)(H,28,32). The van der Waals surface area contributed by atoms with Crippen molar-refractivity contribution in [1.82, 2.24) is 4.68 Å². The number of nitrogens with one attached hydrogen (secondary N) is 3. The molecule has 0 saturated carbocycles. The van der Waals surface area contributed by atoms with Crippen LogP contribution in [0.5, 0.6) is 0 Å². The van der Waals surface area contributed by atoms with Crippen molar-refractivity contribution in [3.8, 4) is 0 Å². The van der Waals surface area contributed by atoms with Crippen LogP contribution in [0.25, 0.3) is 10.9 Å². The number of fused-ring (bicyclic) bond motifs is 1. The van der Waals surface area contributed by atoms with Crippen LogP contribution in [0.3, 0.4) is 0 Å². The van der Waals surface area contributed by atoms with E-state index in [1.54, 1.807) is 78.9 Å². The molecule has 0 unspecified atom stereocenters. The molecule has 4 rings (SSSR count). The summed E-state index contributed by atoms with van der Waals surface area (Å²) in [6.45, 7) is 0. The minimum atomic E-state index is -0.921. The van der Waals surface area contributed by atoms with E-state index < -0.39 is 17.7 Å². The maximum atomic E-state index is 13.0. The Kier molecular flexibility index (Phi) is 6.25.